The highest BCUT2D eigenvalue weighted by Crippen LogP contribution is 2.24. The van der Waals surface area contributed by atoms with E-state index in [4.69, 9.17) is 23.2 Å². The highest BCUT2D eigenvalue weighted by atomic mass is 35.5. The van der Waals surface area contributed by atoms with Crippen LogP contribution in [0.15, 0.2) is 18.2 Å². The number of anilines is 1. The number of halogens is 2. The van der Waals surface area contributed by atoms with Crippen molar-refractivity contribution in [3.63, 3.8) is 0 Å². The molecule has 7 nitrogen and oxygen atoms in total. The minimum atomic E-state index is -0.123. The number of nitrogens with one attached hydrogen (secondary N) is 1. The minimum absolute atomic E-state index is 0.109. The monoisotopic (exact) mass is 469 g/mol. The second kappa shape index (κ2) is 10.1. The molecule has 2 amide bonds. The maximum Gasteiger partial charge on any atom is 0.265 e. The lowest BCUT2D eigenvalue weighted by atomic mass is 10.2. The predicted octanol–water partition coefficient (Wildman–Crippen LogP) is 3.22. The van der Waals surface area contributed by atoms with E-state index in [1.54, 1.807) is 27.1 Å². The average Bonchev–Trinajstić information content (AvgIpc) is 3.04. The molecule has 0 aliphatic carbocycles. The molecule has 0 atom stereocenters. The van der Waals surface area contributed by atoms with Crippen molar-refractivity contribution in [1.82, 2.24) is 19.7 Å². The Balaban J connectivity index is 1.47. The topological polar surface area (TPSA) is 68.8 Å². The second-order valence-electron chi connectivity index (χ2n) is 7.47. The standard InChI is InChI=1S/C20H25Cl2N5O2S/c1-13-18(19(29)25(2)3)30-20(23-13)24-17(28)12-27-8-6-26(7-9-27)11-14-4-5-15(21)10-16(14)22/h4-5,10H,6-9,11-12H2,1-3H3,(H,23,24,28). The first-order valence-corrected chi connectivity index (χ1v) is 11.2. The van der Waals surface area contributed by atoms with Crippen molar-refractivity contribution in [1.29, 1.82) is 0 Å². The number of hydrogen-bond donors (Lipinski definition) is 1. The third-order valence-corrected chi connectivity index (χ3v) is 6.53. The van der Waals surface area contributed by atoms with Gasteiger partial charge in [-0.05, 0) is 24.6 Å². The number of rotatable bonds is 6. The van der Waals surface area contributed by atoms with Gasteiger partial charge in [0.15, 0.2) is 5.13 Å². The predicted molar refractivity (Wildman–Crippen MR) is 122 cm³/mol. The van der Waals surface area contributed by atoms with Crippen molar-refractivity contribution < 1.29 is 9.59 Å². The van der Waals surface area contributed by atoms with Gasteiger partial charge in [-0.25, -0.2) is 4.98 Å². The van der Waals surface area contributed by atoms with Gasteiger partial charge in [-0.3, -0.25) is 19.4 Å². The number of thiazole rings is 1. The molecule has 0 unspecified atom stereocenters. The smallest absolute Gasteiger partial charge is 0.265 e. The van der Waals surface area contributed by atoms with Gasteiger partial charge in [-0.15, -0.1) is 0 Å². The molecule has 1 aromatic heterocycles. The van der Waals surface area contributed by atoms with E-state index in [1.807, 2.05) is 12.1 Å². The van der Waals surface area contributed by atoms with Crippen molar-refractivity contribution in [2.75, 3.05) is 52.1 Å². The van der Waals surface area contributed by atoms with Gasteiger partial charge < -0.3 is 10.2 Å². The van der Waals surface area contributed by atoms with Crippen LogP contribution in [0.3, 0.4) is 0 Å². The fourth-order valence-corrected chi connectivity index (χ4v) is 4.68. The average molecular weight is 470 g/mol. The molecule has 0 bridgehead atoms. The third kappa shape index (κ3) is 5.92. The molecule has 1 N–H and O–H groups in total. The molecule has 0 saturated carbocycles. The normalized spacial score (nSPS) is 15.2. The van der Waals surface area contributed by atoms with E-state index in [2.05, 4.69) is 20.1 Å². The number of aryl methyl sites for hydroxylation is 1. The molecular weight excluding hydrogens is 445 g/mol. The molecule has 0 spiro atoms. The zero-order valence-electron chi connectivity index (χ0n) is 17.2. The van der Waals surface area contributed by atoms with Crippen molar-refractivity contribution >= 4 is 51.5 Å². The van der Waals surface area contributed by atoms with Crippen molar-refractivity contribution in [3.8, 4) is 0 Å². The van der Waals surface area contributed by atoms with E-state index in [-0.39, 0.29) is 11.8 Å². The molecule has 0 radical (unpaired) electrons. The van der Waals surface area contributed by atoms with Crippen molar-refractivity contribution in [2.24, 2.45) is 0 Å². The Bertz CT molecular complexity index is 926. The van der Waals surface area contributed by atoms with Crippen LogP contribution in [-0.4, -0.2) is 78.3 Å². The quantitative estimate of drug-likeness (QED) is 0.703. The summed E-state index contributed by atoms with van der Waals surface area (Å²) in [6.07, 6.45) is 0. The summed E-state index contributed by atoms with van der Waals surface area (Å²) in [5.41, 5.74) is 1.68. The first-order chi connectivity index (χ1) is 14.2. The third-order valence-electron chi connectivity index (χ3n) is 4.88. The molecule has 1 aliphatic rings. The fourth-order valence-electron chi connectivity index (χ4n) is 3.21. The van der Waals surface area contributed by atoms with Gasteiger partial charge in [0.1, 0.15) is 4.88 Å². The molecule has 1 fully saturated rings. The summed E-state index contributed by atoms with van der Waals surface area (Å²) in [6, 6.07) is 5.56. The van der Waals surface area contributed by atoms with Gasteiger partial charge in [-0.1, -0.05) is 40.6 Å². The van der Waals surface area contributed by atoms with Gasteiger partial charge in [0, 0.05) is 56.9 Å². The summed E-state index contributed by atoms with van der Waals surface area (Å²) in [4.78, 5) is 35.4. The lowest BCUT2D eigenvalue weighted by Gasteiger charge is -2.34. The Morgan fingerprint density at radius 2 is 1.83 bits per heavy atom. The zero-order valence-corrected chi connectivity index (χ0v) is 19.6. The van der Waals surface area contributed by atoms with Crippen LogP contribution in [0, 0.1) is 6.92 Å². The van der Waals surface area contributed by atoms with E-state index in [9.17, 15) is 9.59 Å². The summed E-state index contributed by atoms with van der Waals surface area (Å²) >= 11 is 13.4. The van der Waals surface area contributed by atoms with E-state index in [1.165, 1.54) is 16.2 Å². The van der Waals surface area contributed by atoms with E-state index < -0.39 is 0 Å². The molecule has 2 aromatic rings. The maximum atomic E-state index is 12.4. The number of nitrogens with zero attached hydrogens (tertiary/aromatic N) is 4. The van der Waals surface area contributed by atoms with E-state index in [0.717, 1.165) is 38.3 Å². The zero-order chi connectivity index (χ0) is 21.8. The first kappa shape index (κ1) is 23.0. The van der Waals surface area contributed by atoms with Crippen molar-refractivity contribution in [3.05, 3.63) is 44.4 Å². The van der Waals surface area contributed by atoms with Crippen LogP contribution in [-0.2, 0) is 11.3 Å². The van der Waals surface area contributed by atoms with E-state index in [0.29, 0.717) is 32.3 Å². The fraction of sp³-hybridized carbons (Fsp3) is 0.450. The molecule has 2 heterocycles. The van der Waals surface area contributed by atoms with Crippen molar-refractivity contribution in [2.45, 2.75) is 13.5 Å². The number of aromatic nitrogens is 1. The van der Waals surface area contributed by atoms with Crippen LogP contribution in [0.25, 0.3) is 0 Å². The largest absolute Gasteiger partial charge is 0.344 e. The highest BCUT2D eigenvalue weighted by molar-refractivity contribution is 7.17. The van der Waals surface area contributed by atoms with Gasteiger partial charge in [0.25, 0.3) is 5.91 Å². The number of carbonyl (C=O) groups is 2. The Hall–Kier alpha value is -1.71. The molecule has 3 rings (SSSR count). The SMILES string of the molecule is Cc1nc(NC(=O)CN2CCN(Cc3ccc(Cl)cc3Cl)CC2)sc1C(=O)N(C)C. The van der Waals surface area contributed by atoms with Crippen LogP contribution in [0.5, 0.6) is 0 Å². The summed E-state index contributed by atoms with van der Waals surface area (Å²) in [5, 5.41) is 4.59. The lowest BCUT2D eigenvalue weighted by molar-refractivity contribution is -0.117. The van der Waals surface area contributed by atoms with Crippen LogP contribution >= 0.6 is 34.5 Å². The number of amides is 2. The Kier molecular flexibility index (Phi) is 7.70. The number of hydrogen-bond acceptors (Lipinski definition) is 6. The Morgan fingerprint density at radius 3 is 2.47 bits per heavy atom. The summed E-state index contributed by atoms with van der Waals surface area (Å²) in [6.45, 7) is 6.12. The Morgan fingerprint density at radius 1 is 1.17 bits per heavy atom. The molecule has 1 aromatic carbocycles. The number of benzene rings is 1. The maximum absolute atomic E-state index is 12.4. The molecular formula is C20H25Cl2N5O2S. The Labute approximate surface area is 190 Å². The van der Waals surface area contributed by atoms with Gasteiger partial charge in [0.2, 0.25) is 5.91 Å². The first-order valence-electron chi connectivity index (χ1n) is 9.60. The number of carbonyl (C=O) groups excluding carboxylic acids is 2. The highest BCUT2D eigenvalue weighted by Gasteiger charge is 2.22. The molecule has 162 valence electrons. The van der Waals surface area contributed by atoms with Gasteiger partial charge in [-0.2, -0.15) is 0 Å². The lowest BCUT2D eigenvalue weighted by Crippen LogP contribution is -2.48. The second-order valence-corrected chi connectivity index (χ2v) is 9.31. The molecule has 10 heteroatoms. The summed E-state index contributed by atoms with van der Waals surface area (Å²) in [5.74, 6) is -0.232. The molecule has 1 saturated heterocycles. The van der Waals surface area contributed by atoms with Crippen LogP contribution in [0.4, 0.5) is 5.13 Å². The summed E-state index contributed by atoms with van der Waals surface area (Å²) in [7, 11) is 3.39. The van der Waals surface area contributed by atoms with Crippen LogP contribution in [0.1, 0.15) is 20.9 Å². The molecule has 30 heavy (non-hydrogen) atoms. The number of piperazine rings is 1. The van der Waals surface area contributed by atoms with Gasteiger partial charge >= 0.3 is 0 Å². The minimum Gasteiger partial charge on any atom is -0.344 e. The van der Waals surface area contributed by atoms with Crippen LogP contribution < -0.4 is 5.32 Å². The molecule has 1 aliphatic heterocycles. The van der Waals surface area contributed by atoms with E-state index >= 15 is 0 Å². The van der Waals surface area contributed by atoms with Gasteiger partial charge in [0.05, 0.1) is 12.2 Å². The summed E-state index contributed by atoms with van der Waals surface area (Å²) < 4.78 is 0. The van der Waals surface area contributed by atoms with Crippen LogP contribution in [0.2, 0.25) is 10.0 Å².